The summed E-state index contributed by atoms with van der Waals surface area (Å²) in [5, 5.41) is 3.93. The predicted octanol–water partition coefficient (Wildman–Crippen LogP) is 0.965. The van der Waals surface area contributed by atoms with E-state index < -0.39 is 0 Å². The largest absolute Gasteiger partial charge is 0.380 e. The van der Waals surface area contributed by atoms with Crippen LogP contribution in [0.25, 0.3) is 0 Å². The van der Waals surface area contributed by atoms with E-state index in [9.17, 15) is 9.59 Å². The van der Waals surface area contributed by atoms with Crippen LogP contribution in [0.5, 0.6) is 0 Å². The van der Waals surface area contributed by atoms with E-state index in [-0.39, 0.29) is 23.9 Å². The highest BCUT2D eigenvalue weighted by molar-refractivity contribution is 5.95. The van der Waals surface area contributed by atoms with Crippen LogP contribution in [0.3, 0.4) is 0 Å². The summed E-state index contributed by atoms with van der Waals surface area (Å²) in [7, 11) is 3.37. The minimum Gasteiger partial charge on any atom is -0.380 e. The Morgan fingerprint density at radius 2 is 2.14 bits per heavy atom. The maximum absolute atomic E-state index is 13.0. The van der Waals surface area contributed by atoms with Crippen LogP contribution in [0.1, 0.15) is 41.1 Å². The van der Waals surface area contributed by atoms with Crippen molar-refractivity contribution in [2.45, 2.75) is 44.9 Å². The van der Waals surface area contributed by atoms with Crippen molar-refractivity contribution in [3.63, 3.8) is 0 Å². The van der Waals surface area contributed by atoms with Crippen LogP contribution in [0.2, 0.25) is 0 Å². The van der Waals surface area contributed by atoms with Crippen molar-refractivity contribution in [1.82, 2.24) is 15.0 Å². The minimum atomic E-state index is -0.153. The van der Waals surface area contributed by atoms with Crippen LogP contribution in [0.4, 0.5) is 0 Å². The van der Waals surface area contributed by atoms with E-state index in [1.54, 1.807) is 26.0 Å². The van der Waals surface area contributed by atoms with E-state index in [1.165, 1.54) is 0 Å². The molecule has 0 aromatic carbocycles. The number of ether oxygens (including phenoxy) is 1. The molecule has 22 heavy (non-hydrogen) atoms. The molecular weight excluding hydrogens is 286 g/mol. The third-order valence-corrected chi connectivity index (χ3v) is 4.65. The molecule has 7 nitrogen and oxygen atoms in total. The van der Waals surface area contributed by atoms with Gasteiger partial charge in [-0.3, -0.25) is 9.59 Å². The number of rotatable bonds is 3. The summed E-state index contributed by atoms with van der Waals surface area (Å²) in [5.41, 5.74) is 1.00. The summed E-state index contributed by atoms with van der Waals surface area (Å²) in [6, 6.07) is 0.0173. The summed E-state index contributed by atoms with van der Waals surface area (Å²) in [4.78, 5) is 28.5. The van der Waals surface area contributed by atoms with Gasteiger partial charge < -0.3 is 19.1 Å². The van der Waals surface area contributed by atoms with Gasteiger partial charge >= 0.3 is 0 Å². The van der Waals surface area contributed by atoms with Crippen molar-refractivity contribution in [2.24, 2.45) is 0 Å². The van der Waals surface area contributed by atoms with Crippen molar-refractivity contribution in [1.29, 1.82) is 0 Å². The molecule has 120 valence electrons. The first-order valence-electron chi connectivity index (χ1n) is 7.53. The molecule has 0 spiro atoms. The number of likely N-dealkylation sites (tertiary alicyclic amines) is 1. The number of likely N-dealkylation sites (N-methyl/N-ethyl adjacent to an activating group) is 1. The summed E-state index contributed by atoms with van der Waals surface area (Å²) in [6.07, 6.45) is 2.17. The first kappa shape index (κ1) is 15.0. The standard InChI is InChI=1S/C15H21N3O4/c1-9-12(8-21-3)14(16-22-9)15(20)18-10-4-5-11(18)7-17(2)13(19)6-10/h10-11H,4-8H2,1-3H3. The van der Waals surface area contributed by atoms with Crippen LogP contribution in [-0.2, 0) is 16.1 Å². The van der Waals surface area contributed by atoms with Gasteiger partial charge in [0.1, 0.15) is 5.76 Å². The van der Waals surface area contributed by atoms with Crippen molar-refractivity contribution in [2.75, 3.05) is 20.7 Å². The average Bonchev–Trinajstić information content (AvgIpc) is 3.00. The van der Waals surface area contributed by atoms with E-state index in [2.05, 4.69) is 5.16 Å². The molecule has 2 atom stereocenters. The minimum absolute atomic E-state index is 0.0395. The lowest BCUT2D eigenvalue weighted by Crippen LogP contribution is -2.43. The van der Waals surface area contributed by atoms with Crippen LogP contribution < -0.4 is 0 Å². The maximum Gasteiger partial charge on any atom is 0.277 e. The number of amides is 2. The third-order valence-electron chi connectivity index (χ3n) is 4.65. The Hall–Kier alpha value is -1.89. The van der Waals surface area contributed by atoms with Crippen molar-refractivity contribution in [3.8, 4) is 0 Å². The molecule has 0 radical (unpaired) electrons. The second-order valence-electron chi connectivity index (χ2n) is 6.07. The number of carbonyl (C=O) groups excluding carboxylic acids is 2. The maximum atomic E-state index is 13.0. The summed E-state index contributed by atoms with van der Waals surface area (Å²) >= 11 is 0. The smallest absolute Gasteiger partial charge is 0.277 e. The van der Waals surface area contributed by atoms with Gasteiger partial charge in [0.25, 0.3) is 5.91 Å². The van der Waals surface area contributed by atoms with Crippen LogP contribution in [0, 0.1) is 6.92 Å². The molecule has 0 saturated carbocycles. The Kier molecular flexibility index (Phi) is 3.90. The Balaban J connectivity index is 1.90. The zero-order valence-corrected chi connectivity index (χ0v) is 13.2. The topological polar surface area (TPSA) is 75.9 Å². The molecule has 0 aliphatic carbocycles. The van der Waals surface area contributed by atoms with Crippen LogP contribution >= 0.6 is 0 Å². The summed E-state index contributed by atoms with van der Waals surface area (Å²) in [5.74, 6) is 0.540. The average molecular weight is 307 g/mol. The normalized spacial score (nSPS) is 24.8. The molecule has 1 aromatic heterocycles. The fourth-order valence-electron chi connectivity index (χ4n) is 3.44. The molecule has 3 heterocycles. The number of aryl methyl sites for hydroxylation is 1. The van der Waals surface area contributed by atoms with Crippen LogP contribution in [-0.4, -0.2) is 59.6 Å². The molecule has 1 aromatic rings. The van der Waals surface area contributed by atoms with Crippen LogP contribution in [0.15, 0.2) is 4.52 Å². The monoisotopic (exact) mass is 307 g/mol. The van der Waals surface area contributed by atoms with Gasteiger partial charge in [0.05, 0.1) is 18.2 Å². The molecular formula is C15H21N3O4. The zero-order chi connectivity index (χ0) is 15.9. The highest BCUT2D eigenvalue weighted by Gasteiger charge is 2.43. The van der Waals surface area contributed by atoms with Gasteiger partial charge in [0.15, 0.2) is 5.69 Å². The lowest BCUT2D eigenvalue weighted by Gasteiger charge is -2.27. The summed E-state index contributed by atoms with van der Waals surface area (Å²) < 4.78 is 10.3. The Labute approximate surface area is 129 Å². The first-order valence-corrected chi connectivity index (χ1v) is 7.53. The first-order chi connectivity index (χ1) is 10.5. The molecule has 2 bridgehead atoms. The van der Waals surface area contributed by atoms with E-state index >= 15 is 0 Å². The number of aromatic nitrogens is 1. The molecule has 2 unspecified atom stereocenters. The molecule has 2 aliphatic rings. The highest BCUT2D eigenvalue weighted by Crippen LogP contribution is 2.32. The highest BCUT2D eigenvalue weighted by atomic mass is 16.5. The predicted molar refractivity (Wildman–Crippen MR) is 77.2 cm³/mol. The summed E-state index contributed by atoms with van der Waals surface area (Å²) in [6.45, 7) is 2.64. The fraction of sp³-hybridized carbons (Fsp3) is 0.667. The number of carbonyl (C=O) groups is 2. The second kappa shape index (κ2) is 5.72. The van der Waals surface area contributed by atoms with Gasteiger partial charge in [-0.05, 0) is 19.8 Å². The van der Waals surface area contributed by atoms with Crippen molar-refractivity contribution < 1.29 is 18.8 Å². The van der Waals surface area contributed by atoms with E-state index in [4.69, 9.17) is 9.26 Å². The number of nitrogens with zero attached hydrogens (tertiary/aromatic N) is 3. The Bertz CT molecular complexity index is 598. The second-order valence-corrected chi connectivity index (χ2v) is 6.07. The van der Waals surface area contributed by atoms with Gasteiger partial charge in [-0.15, -0.1) is 0 Å². The number of hydrogen-bond acceptors (Lipinski definition) is 5. The number of methoxy groups -OCH3 is 1. The van der Waals surface area contributed by atoms with E-state index in [1.807, 2.05) is 4.90 Å². The molecule has 2 saturated heterocycles. The zero-order valence-electron chi connectivity index (χ0n) is 13.2. The SMILES string of the molecule is COCc1c(C(=O)N2C3CCC2CN(C)C(=O)C3)noc1C. The molecule has 2 fully saturated rings. The molecule has 3 rings (SSSR count). The fourth-order valence-corrected chi connectivity index (χ4v) is 3.44. The van der Waals surface area contributed by atoms with Gasteiger partial charge in [0.2, 0.25) is 5.91 Å². The molecule has 7 heteroatoms. The Morgan fingerprint density at radius 1 is 1.41 bits per heavy atom. The Morgan fingerprint density at radius 3 is 2.86 bits per heavy atom. The molecule has 2 aliphatic heterocycles. The number of hydrogen-bond donors (Lipinski definition) is 0. The molecule has 0 N–H and O–H groups in total. The van der Waals surface area contributed by atoms with Gasteiger partial charge in [-0.2, -0.15) is 0 Å². The lowest BCUT2D eigenvalue weighted by molar-refractivity contribution is -0.130. The van der Waals surface area contributed by atoms with Gasteiger partial charge in [0, 0.05) is 33.2 Å². The van der Waals surface area contributed by atoms with Crippen molar-refractivity contribution >= 4 is 11.8 Å². The van der Waals surface area contributed by atoms with Crippen molar-refractivity contribution in [3.05, 3.63) is 17.0 Å². The third kappa shape index (κ3) is 2.39. The molecule has 2 amide bonds. The van der Waals surface area contributed by atoms with E-state index in [0.717, 1.165) is 12.8 Å². The quantitative estimate of drug-likeness (QED) is 0.831. The number of fused-ring (bicyclic) bond motifs is 2. The van der Waals surface area contributed by atoms with Gasteiger partial charge in [-0.25, -0.2) is 0 Å². The van der Waals surface area contributed by atoms with E-state index in [0.29, 0.717) is 36.6 Å². The van der Waals surface area contributed by atoms with Gasteiger partial charge in [-0.1, -0.05) is 5.16 Å². The lowest BCUT2D eigenvalue weighted by atomic mass is 10.1.